The van der Waals surface area contributed by atoms with E-state index in [-0.39, 0.29) is 5.41 Å². The molecule has 1 spiro atoms. The Morgan fingerprint density at radius 3 is 2.35 bits per heavy atom. The van der Waals surface area contributed by atoms with E-state index in [0.717, 1.165) is 18.4 Å². The molecule has 3 nitrogen and oxygen atoms in total. The Balaban J connectivity index is 2.38. The zero-order valence-electron chi connectivity index (χ0n) is 11.4. The lowest BCUT2D eigenvalue weighted by molar-refractivity contribution is -0.181. The van der Waals surface area contributed by atoms with E-state index >= 15 is 0 Å². The van der Waals surface area contributed by atoms with Gasteiger partial charge in [-0.15, -0.1) is 0 Å². The lowest BCUT2D eigenvalue weighted by Crippen LogP contribution is -2.54. The van der Waals surface area contributed by atoms with Gasteiger partial charge in [-0.3, -0.25) is 0 Å². The fourth-order valence-corrected chi connectivity index (χ4v) is 3.35. The Labute approximate surface area is 104 Å². The fraction of sp³-hybridized carbons (Fsp3) is 0.857. The van der Waals surface area contributed by atoms with E-state index in [1.807, 2.05) is 13.0 Å². The van der Waals surface area contributed by atoms with Crippen LogP contribution in [-0.4, -0.2) is 29.7 Å². The second-order valence-electron chi connectivity index (χ2n) is 6.01. The molecule has 0 saturated carbocycles. The minimum absolute atomic E-state index is 0.230. The molecule has 1 fully saturated rings. The molecular weight excluding hydrogens is 216 g/mol. The molecule has 98 valence electrons. The summed E-state index contributed by atoms with van der Waals surface area (Å²) in [5.41, 5.74) is 0.0200. The van der Waals surface area contributed by atoms with Crippen LogP contribution in [0.3, 0.4) is 0 Å². The highest BCUT2D eigenvalue weighted by molar-refractivity contribution is 5.27. The van der Waals surface area contributed by atoms with E-state index in [2.05, 4.69) is 20.8 Å². The van der Waals surface area contributed by atoms with Crippen molar-refractivity contribution in [3.63, 3.8) is 0 Å². The van der Waals surface area contributed by atoms with Crippen LogP contribution >= 0.6 is 0 Å². The molecule has 1 saturated heterocycles. The van der Waals surface area contributed by atoms with Crippen LogP contribution in [0.15, 0.2) is 11.6 Å². The Hall–Kier alpha value is -0.380. The first-order valence-electron chi connectivity index (χ1n) is 6.55. The molecule has 1 unspecified atom stereocenters. The van der Waals surface area contributed by atoms with Crippen LogP contribution in [0.2, 0.25) is 0 Å². The molecule has 0 aromatic heterocycles. The molecule has 0 amide bonds. The molecular formula is C14H24O3. The molecule has 3 heteroatoms. The minimum atomic E-state index is -0.734. The van der Waals surface area contributed by atoms with Gasteiger partial charge in [0, 0.05) is 11.8 Å². The van der Waals surface area contributed by atoms with Gasteiger partial charge in [0.1, 0.15) is 0 Å². The van der Waals surface area contributed by atoms with Gasteiger partial charge in [-0.05, 0) is 25.0 Å². The molecule has 1 atom stereocenters. The second kappa shape index (κ2) is 4.08. The van der Waals surface area contributed by atoms with Crippen molar-refractivity contribution in [1.82, 2.24) is 0 Å². The summed E-state index contributed by atoms with van der Waals surface area (Å²) in [5.74, 6) is -0.590. The van der Waals surface area contributed by atoms with Gasteiger partial charge in [-0.2, -0.15) is 0 Å². The van der Waals surface area contributed by atoms with E-state index in [9.17, 15) is 5.11 Å². The monoisotopic (exact) mass is 240 g/mol. The van der Waals surface area contributed by atoms with Crippen LogP contribution in [0.5, 0.6) is 0 Å². The Bertz CT molecular complexity index is 326. The summed E-state index contributed by atoms with van der Waals surface area (Å²) >= 11 is 0. The molecule has 0 aromatic rings. The van der Waals surface area contributed by atoms with E-state index < -0.39 is 11.4 Å². The number of ether oxygens (including phenoxy) is 2. The van der Waals surface area contributed by atoms with Gasteiger partial charge >= 0.3 is 0 Å². The first-order valence-corrected chi connectivity index (χ1v) is 6.55. The first-order chi connectivity index (χ1) is 7.85. The average Bonchev–Trinajstić information content (AvgIpc) is 2.63. The normalized spacial score (nSPS) is 35.0. The van der Waals surface area contributed by atoms with Gasteiger partial charge in [0.2, 0.25) is 0 Å². The maximum Gasteiger partial charge on any atom is 0.188 e. The molecule has 1 aliphatic carbocycles. The molecule has 1 aliphatic heterocycles. The highest BCUT2D eigenvalue weighted by Crippen LogP contribution is 2.51. The zero-order valence-corrected chi connectivity index (χ0v) is 11.4. The Kier molecular flexibility index (Phi) is 3.13. The smallest absolute Gasteiger partial charge is 0.188 e. The summed E-state index contributed by atoms with van der Waals surface area (Å²) in [4.78, 5) is 0. The average molecular weight is 240 g/mol. The number of aliphatic hydroxyl groups is 1. The third-order valence-corrected chi connectivity index (χ3v) is 4.28. The van der Waals surface area contributed by atoms with E-state index in [1.165, 1.54) is 0 Å². The van der Waals surface area contributed by atoms with Gasteiger partial charge in [-0.1, -0.05) is 27.2 Å². The van der Waals surface area contributed by atoms with Gasteiger partial charge in [0.05, 0.1) is 18.8 Å². The Morgan fingerprint density at radius 2 is 1.88 bits per heavy atom. The standard InChI is InChI=1S/C14H24O3/c1-5-6-14(15)11(2)9-13(10-12(14,3)4)16-7-8-17-13/h9,15H,5-8,10H2,1-4H3. The largest absolute Gasteiger partial charge is 0.385 e. The summed E-state index contributed by atoms with van der Waals surface area (Å²) in [6, 6.07) is 0. The molecule has 2 rings (SSSR count). The lowest BCUT2D eigenvalue weighted by Gasteiger charge is -2.50. The van der Waals surface area contributed by atoms with Gasteiger partial charge < -0.3 is 14.6 Å². The van der Waals surface area contributed by atoms with Crippen LogP contribution in [-0.2, 0) is 9.47 Å². The summed E-state index contributed by atoms with van der Waals surface area (Å²) in [7, 11) is 0. The van der Waals surface area contributed by atoms with E-state index in [0.29, 0.717) is 19.6 Å². The first kappa shape index (κ1) is 13.1. The van der Waals surface area contributed by atoms with Crippen LogP contribution < -0.4 is 0 Å². The lowest BCUT2D eigenvalue weighted by atomic mass is 9.62. The van der Waals surface area contributed by atoms with Gasteiger partial charge in [0.15, 0.2) is 5.79 Å². The van der Waals surface area contributed by atoms with Crippen molar-refractivity contribution in [3.05, 3.63) is 11.6 Å². The quantitative estimate of drug-likeness (QED) is 0.754. The predicted octanol–water partition coefficient (Wildman–Crippen LogP) is 2.64. The topological polar surface area (TPSA) is 38.7 Å². The van der Waals surface area contributed by atoms with Crippen molar-refractivity contribution in [2.24, 2.45) is 5.41 Å². The molecule has 0 aromatic carbocycles. The summed E-state index contributed by atoms with van der Waals surface area (Å²) < 4.78 is 11.5. The van der Waals surface area contributed by atoms with Crippen molar-refractivity contribution in [1.29, 1.82) is 0 Å². The molecule has 1 heterocycles. The summed E-state index contributed by atoms with van der Waals surface area (Å²) in [6.07, 6.45) is 4.47. The molecule has 2 aliphatic rings. The second-order valence-corrected chi connectivity index (χ2v) is 6.01. The van der Waals surface area contributed by atoms with Gasteiger partial charge in [-0.25, -0.2) is 0 Å². The molecule has 17 heavy (non-hydrogen) atoms. The van der Waals surface area contributed by atoms with Crippen LogP contribution in [0.25, 0.3) is 0 Å². The zero-order chi connectivity index (χ0) is 12.7. The summed E-state index contributed by atoms with van der Waals surface area (Å²) in [5, 5.41) is 10.9. The minimum Gasteiger partial charge on any atom is -0.385 e. The Morgan fingerprint density at radius 1 is 1.29 bits per heavy atom. The molecule has 0 radical (unpaired) electrons. The van der Waals surface area contributed by atoms with Crippen molar-refractivity contribution < 1.29 is 14.6 Å². The van der Waals surface area contributed by atoms with Crippen LogP contribution in [0.1, 0.15) is 47.0 Å². The molecule has 0 bridgehead atoms. The number of hydrogen-bond donors (Lipinski definition) is 1. The fourth-order valence-electron chi connectivity index (χ4n) is 3.35. The van der Waals surface area contributed by atoms with Crippen molar-refractivity contribution in [3.8, 4) is 0 Å². The third-order valence-electron chi connectivity index (χ3n) is 4.28. The molecule has 1 N–H and O–H groups in total. The van der Waals surface area contributed by atoms with Crippen LogP contribution in [0.4, 0.5) is 0 Å². The number of rotatable bonds is 2. The maximum atomic E-state index is 10.9. The van der Waals surface area contributed by atoms with Crippen LogP contribution in [0, 0.1) is 5.41 Å². The SMILES string of the molecule is CCCC1(O)C(C)=CC2(CC1(C)C)OCCO2. The van der Waals surface area contributed by atoms with E-state index in [4.69, 9.17) is 9.47 Å². The van der Waals surface area contributed by atoms with Crippen molar-refractivity contribution in [2.75, 3.05) is 13.2 Å². The van der Waals surface area contributed by atoms with Crippen molar-refractivity contribution >= 4 is 0 Å². The van der Waals surface area contributed by atoms with E-state index in [1.54, 1.807) is 0 Å². The summed E-state index contributed by atoms with van der Waals surface area (Å²) in [6.45, 7) is 9.59. The maximum absolute atomic E-state index is 10.9. The third kappa shape index (κ3) is 1.94. The highest BCUT2D eigenvalue weighted by Gasteiger charge is 2.54. The highest BCUT2D eigenvalue weighted by atomic mass is 16.7. The van der Waals surface area contributed by atoms with Gasteiger partial charge in [0.25, 0.3) is 0 Å². The van der Waals surface area contributed by atoms with Crippen molar-refractivity contribution in [2.45, 2.75) is 58.3 Å². The number of hydrogen-bond acceptors (Lipinski definition) is 3. The predicted molar refractivity (Wildman–Crippen MR) is 66.6 cm³/mol.